The van der Waals surface area contributed by atoms with Gasteiger partial charge in [-0.2, -0.15) is 13.2 Å². The Hall–Kier alpha value is -4.01. The molecule has 5 nitrogen and oxygen atoms in total. The number of para-hydroxylation sites is 1. The van der Waals surface area contributed by atoms with E-state index in [0.717, 1.165) is 30.0 Å². The van der Waals surface area contributed by atoms with Gasteiger partial charge in [-0.1, -0.05) is 36.4 Å². The molecule has 0 saturated carbocycles. The van der Waals surface area contributed by atoms with Crippen molar-refractivity contribution in [3.8, 4) is 16.8 Å². The first kappa shape index (κ1) is 21.2. The van der Waals surface area contributed by atoms with Crippen molar-refractivity contribution in [3.05, 3.63) is 102 Å². The Bertz CT molecular complexity index is 1250. The van der Waals surface area contributed by atoms with E-state index in [9.17, 15) is 22.4 Å². The molecule has 162 valence electrons. The van der Waals surface area contributed by atoms with Crippen molar-refractivity contribution < 1.29 is 22.4 Å². The Morgan fingerprint density at radius 1 is 0.969 bits per heavy atom. The van der Waals surface area contributed by atoms with Gasteiger partial charge in [0.1, 0.15) is 12.1 Å². The van der Waals surface area contributed by atoms with Gasteiger partial charge in [-0.15, -0.1) is 10.2 Å². The number of nitrogens with one attached hydrogen (secondary N) is 1. The summed E-state index contributed by atoms with van der Waals surface area (Å²) in [5, 5.41) is 10.5. The third-order valence-electron chi connectivity index (χ3n) is 4.79. The van der Waals surface area contributed by atoms with Crippen molar-refractivity contribution in [2.24, 2.45) is 0 Å². The standard InChI is InChI=1S/C23H16F4N4O/c24-17-9-10-19(15-5-4-6-16(11-15)23(25,26)27)20(12-17)22(32)28-13-21-30-29-14-31(21)18-7-2-1-3-8-18/h1-12,14H,13H2,(H,28,32). The highest BCUT2D eigenvalue weighted by Crippen LogP contribution is 2.33. The van der Waals surface area contributed by atoms with Crippen molar-refractivity contribution in [1.29, 1.82) is 0 Å². The van der Waals surface area contributed by atoms with E-state index in [1.54, 1.807) is 4.57 Å². The summed E-state index contributed by atoms with van der Waals surface area (Å²) >= 11 is 0. The van der Waals surface area contributed by atoms with Crippen molar-refractivity contribution in [1.82, 2.24) is 20.1 Å². The molecule has 1 aromatic heterocycles. The van der Waals surface area contributed by atoms with E-state index >= 15 is 0 Å². The molecule has 0 radical (unpaired) electrons. The van der Waals surface area contributed by atoms with E-state index in [1.807, 2.05) is 30.3 Å². The highest BCUT2D eigenvalue weighted by atomic mass is 19.4. The number of hydrogen-bond donors (Lipinski definition) is 1. The van der Waals surface area contributed by atoms with Crippen LogP contribution in [0.25, 0.3) is 16.8 Å². The third-order valence-corrected chi connectivity index (χ3v) is 4.79. The van der Waals surface area contributed by atoms with E-state index in [4.69, 9.17) is 0 Å². The quantitative estimate of drug-likeness (QED) is 0.443. The first-order chi connectivity index (χ1) is 15.3. The molecule has 0 unspecified atom stereocenters. The lowest BCUT2D eigenvalue weighted by Gasteiger charge is -2.13. The van der Waals surface area contributed by atoms with Crippen molar-refractivity contribution in [2.75, 3.05) is 0 Å². The Labute approximate surface area is 180 Å². The minimum atomic E-state index is -4.54. The lowest BCUT2D eigenvalue weighted by molar-refractivity contribution is -0.137. The molecule has 0 saturated heterocycles. The number of carbonyl (C=O) groups excluding carboxylic acids is 1. The van der Waals surface area contributed by atoms with Crippen LogP contribution in [0.3, 0.4) is 0 Å². The van der Waals surface area contributed by atoms with Gasteiger partial charge in [-0.3, -0.25) is 9.36 Å². The van der Waals surface area contributed by atoms with Crippen LogP contribution in [0.1, 0.15) is 21.7 Å². The molecule has 0 aliphatic carbocycles. The molecule has 0 spiro atoms. The number of aromatic nitrogens is 3. The maximum absolute atomic E-state index is 13.9. The zero-order chi connectivity index (χ0) is 22.7. The molecule has 4 aromatic rings. The Morgan fingerprint density at radius 2 is 1.75 bits per heavy atom. The van der Waals surface area contributed by atoms with E-state index in [0.29, 0.717) is 5.82 Å². The van der Waals surface area contributed by atoms with E-state index in [2.05, 4.69) is 15.5 Å². The summed E-state index contributed by atoms with van der Waals surface area (Å²) in [5.41, 5.74) is 0.172. The van der Waals surface area contributed by atoms with Crippen molar-refractivity contribution in [2.45, 2.75) is 12.7 Å². The number of carbonyl (C=O) groups is 1. The van der Waals surface area contributed by atoms with Crippen molar-refractivity contribution >= 4 is 5.91 Å². The molecule has 9 heteroatoms. The molecule has 3 aromatic carbocycles. The van der Waals surface area contributed by atoms with Gasteiger partial charge >= 0.3 is 6.18 Å². The predicted molar refractivity (Wildman–Crippen MR) is 109 cm³/mol. The smallest absolute Gasteiger partial charge is 0.345 e. The second-order valence-electron chi connectivity index (χ2n) is 6.90. The normalized spacial score (nSPS) is 11.4. The zero-order valence-corrected chi connectivity index (χ0v) is 16.5. The minimum Gasteiger partial charge on any atom is -0.345 e. The highest BCUT2D eigenvalue weighted by molar-refractivity contribution is 6.00. The number of nitrogens with zero attached hydrogens (tertiary/aromatic N) is 3. The number of benzene rings is 3. The van der Waals surface area contributed by atoms with Gasteiger partial charge in [0.15, 0.2) is 5.82 Å². The van der Waals surface area contributed by atoms with E-state index in [-0.39, 0.29) is 23.2 Å². The molecule has 0 bridgehead atoms. The lowest BCUT2D eigenvalue weighted by Crippen LogP contribution is -2.25. The second kappa shape index (κ2) is 8.62. The first-order valence-corrected chi connectivity index (χ1v) is 9.52. The Balaban J connectivity index is 1.61. The summed E-state index contributed by atoms with van der Waals surface area (Å²) in [6.07, 6.45) is -3.05. The monoisotopic (exact) mass is 440 g/mol. The fourth-order valence-electron chi connectivity index (χ4n) is 3.26. The van der Waals surface area contributed by atoms with Crippen LogP contribution in [-0.2, 0) is 12.7 Å². The second-order valence-corrected chi connectivity index (χ2v) is 6.90. The molecule has 0 fully saturated rings. The summed E-state index contributed by atoms with van der Waals surface area (Å²) in [6.45, 7) is -0.0216. The summed E-state index contributed by atoms with van der Waals surface area (Å²) in [4.78, 5) is 12.9. The lowest BCUT2D eigenvalue weighted by atomic mass is 9.97. The molecular formula is C23H16F4N4O. The largest absolute Gasteiger partial charge is 0.416 e. The van der Waals surface area contributed by atoms with Gasteiger partial charge in [0.05, 0.1) is 17.7 Å². The number of halogens is 4. The fourth-order valence-corrected chi connectivity index (χ4v) is 3.26. The maximum Gasteiger partial charge on any atom is 0.416 e. The summed E-state index contributed by atoms with van der Waals surface area (Å²) in [5.74, 6) is -0.903. The average molecular weight is 440 g/mol. The Kier molecular flexibility index (Phi) is 5.72. The molecule has 32 heavy (non-hydrogen) atoms. The van der Waals surface area contributed by atoms with Crippen LogP contribution in [0.4, 0.5) is 17.6 Å². The summed E-state index contributed by atoms with van der Waals surface area (Å²) < 4.78 is 54.9. The average Bonchev–Trinajstić information content (AvgIpc) is 3.26. The van der Waals surface area contributed by atoms with Crippen LogP contribution in [-0.4, -0.2) is 20.7 Å². The number of hydrogen-bond acceptors (Lipinski definition) is 3. The molecule has 0 atom stereocenters. The fraction of sp³-hybridized carbons (Fsp3) is 0.0870. The van der Waals surface area contributed by atoms with Gasteiger partial charge in [-0.05, 0) is 47.5 Å². The van der Waals surface area contributed by atoms with Crippen LogP contribution in [0.5, 0.6) is 0 Å². The van der Waals surface area contributed by atoms with E-state index < -0.39 is 23.5 Å². The number of rotatable bonds is 5. The summed E-state index contributed by atoms with van der Waals surface area (Å²) in [6, 6.07) is 17.1. The maximum atomic E-state index is 13.9. The zero-order valence-electron chi connectivity index (χ0n) is 16.5. The van der Waals surface area contributed by atoms with Crippen LogP contribution < -0.4 is 5.32 Å². The van der Waals surface area contributed by atoms with Crippen LogP contribution in [0, 0.1) is 5.82 Å². The predicted octanol–water partition coefficient (Wildman–Crippen LogP) is 5.02. The molecule has 0 aliphatic heterocycles. The SMILES string of the molecule is O=C(NCc1nncn1-c1ccccc1)c1cc(F)ccc1-c1cccc(C(F)(F)F)c1. The van der Waals surface area contributed by atoms with Crippen LogP contribution in [0.2, 0.25) is 0 Å². The molecule has 0 aliphatic rings. The highest BCUT2D eigenvalue weighted by Gasteiger charge is 2.30. The first-order valence-electron chi connectivity index (χ1n) is 9.52. The Morgan fingerprint density at radius 3 is 2.50 bits per heavy atom. The van der Waals surface area contributed by atoms with E-state index in [1.165, 1.54) is 24.5 Å². The summed E-state index contributed by atoms with van der Waals surface area (Å²) in [7, 11) is 0. The molecule has 4 rings (SSSR count). The van der Waals surface area contributed by atoms with Crippen LogP contribution in [0.15, 0.2) is 79.1 Å². The number of alkyl halides is 3. The molecule has 1 heterocycles. The topological polar surface area (TPSA) is 59.8 Å². The van der Waals surface area contributed by atoms with Gasteiger partial charge in [0, 0.05) is 5.69 Å². The van der Waals surface area contributed by atoms with Gasteiger partial charge in [-0.25, -0.2) is 4.39 Å². The van der Waals surface area contributed by atoms with Crippen molar-refractivity contribution in [3.63, 3.8) is 0 Å². The molecule has 1 amide bonds. The molecule has 1 N–H and O–H groups in total. The minimum absolute atomic E-state index is 0.0216. The van der Waals surface area contributed by atoms with Gasteiger partial charge in [0.25, 0.3) is 5.91 Å². The third kappa shape index (κ3) is 4.51. The van der Waals surface area contributed by atoms with Crippen LogP contribution >= 0.6 is 0 Å². The van der Waals surface area contributed by atoms with Gasteiger partial charge < -0.3 is 5.32 Å². The number of amides is 1. The van der Waals surface area contributed by atoms with Gasteiger partial charge in [0.2, 0.25) is 0 Å². The molecular weight excluding hydrogens is 424 g/mol.